The number of hydrogen-bond donors (Lipinski definition) is 0. The maximum Gasteiger partial charge on any atom is 0.573 e. The van der Waals surface area contributed by atoms with E-state index in [9.17, 15) is 30.5 Å². The zero-order chi connectivity index (χ0) is 18.8. The summed E-state index contributed by atoms with van der Waals surface area (Å²) in [7, 11) is -8.54. The number of benzene rings is 1. The zero-order valence-corrected chi connectivity index (χ0v) is 14.5. The van der Waals surface area contributed by atoms with Gasteiger partial charge in [0.05, 0.1) is 6.10 Å². The summed E-state index contributed by atoms with van der Waals surface area (Å²) in [5.74, 6) is -2.80. The summed E-state index contributed by atoms with van der Waals surface area (Å²) in [6, 6.07) is 2.07. The Morgan fingerprint density at radius 1 is 1.25 bits per heavy atom. The molecule has 0 aliphatic rings. The van der Waals surface area contributed by atoms with Crippen LogP contribution in [0.4, 0.5) is 17.6 Å². The van der Waals surface area contributed by atoms with Gasteiger partial charge in [0.15, 0.2) is 10.6 Å². The van der Waals surface area contributed by atoms with Crippen molar-refractivity contribution in [2.75, 3.05) is 13.0 Å². The van der Waals surface area contributed by atoms with Gasteiger partial charge in [-0.1, -0.05) is 6.07 Å². The zero-order valence-electron chi connectivity index (χ0n) is 12.8. The number of rotatable bonds is 7. The Morgan fingerprint density at radius 3 is 2.33 bits per heavy atom. The van der Waals surface area contributed by atoms with E-state index in [1.54, 1.807) is 0 Å². The van der Waals surface area contributed by atoms with Crippen molar-refractivity contribution in [3.8, 4) is 5.75 Å². The molecular formula is C12H15F4O6PS. The van der Waals surface area contributed by atoms with Gasteiger partial charge < -0.3 is 9.26 Å². The van der Waals surface area contributed by atoms with E-state index in [1.165, 1.54) is 13.8 Å². The van der Waals surface area contributed by atoms with Crippen molar-refractivity contribution in [1.29, 1.82) is 0 Å². The summed E-state index contributed by atoms with van der Waals surface area (Å²) >= 11 is 0. The van der Waals surface area contributed by atoms with Gasteiger partial charge in [0, 0.05) is 6.66 Å². The maximum absolute atomic E-state index is 13.7. The molecule has 1 rings (SSSR count). The molecule has 1 aromatic rings. The summed E-state index contributed by atoms with van der Waals surface area (Å²) in [5, 5.41) is 0. The average Bonchev–Trinajstić information content (AvgIpc) is 2.33. The van der Waals surface area contributed by atoms with E-state index in [4.69, 9.17) is 4.52 Å². The van der Waals surface area contributed by atoms with Crippen molar-refractivity contribution >= 4 is 17.5 Å². The summed E-state index contributed by atoms with van der Waals surface area (Å²) in [4.78, 5) is -1.44. The van der Waals surface area contributed by atoms with E-state index in [-0.39, 0.29) is 0 Å². The molecule has 24 heavy (non-hydrogen) atoms. The molecule has 0 fully saturated rings. The van der Waals surface area contributed by atoms with Crippen molar-refractivity contribution in [2.45, 2.75) is 31.2 Å². The van der Waals surface area contributed by atoms with E-state index in [1.807, 2.05) is 0 Å². The second-order valence-electron chi connectivity index (χ2n) is 4.98. The minimum absolute atomic E-state index is 0.510. The van der Waals surface area contributed by atoms with Crippen LogP contribution in [0.1, 0.15) is 13.8 Å². The Kier molecular flexibility index (Phi) is 6.43. The number of ether oxygens (including phenoxy) is 1. The van der Waals surface area contributed by atoms with Crippen molar-refractivity contribution in [2.24, 2.45) is 0 Å². The first-order valence-corrected chi connectivity index (χ1v) is 10.1. The van der Waals surface area contributed by atoms with Gasteiger partial charge >= 0.3 is 16.5 Å². The third kappa shape index (κ3) is 6.39. The molecule has 0 heterocycles. The highest BCUT2D eigenvalue weighted by atomic mass is 32.2. The van der Waals surface area contributed by atoms with Crippen LogP contribution in [0, 0.1) is 5.82 Å². The fourth-order valence-electron chi connectivity index (χ4n) is 1.64. The third-order valence-corrected chi connectivity index (χ3v) is 5.25. The monoisotopic (exact) mass is 394 g/mol. The Hall–Kier alpha value is -1.16. The van der Waals surface area contributed by atoms with Gasteiger partial charge in [-0.05, 0) is 26.0 Å². The first kappa shape index (κ1) is 20.9. The van der Waals surface area contributed by atoms with E-state index in [0.29, 0.717) is 12.1 Å². The molecule has 0 aliphatic heterocycles. The fourth-order valence-corrected chi connectivity index (χ4v) is 4.69. The number of alkyl halides is 3. The Bertz CT molecular complexity index is 732. The molecule has 12 heteroatoms. The number of hydrogen-bond acceptors (Lipinski definition) is 6. The molecule has 0 spiro atoms. The molecule has 138 valence electrons. The molecule has 0 saturated heterocycles. The van der Waals surface area contributed by atoms with Crippen molar-refractivity contribution in [3.05, 3.63) is 24.0 Å². The van der Waals surface area contributed by atoms with Gasteiger partial charge in [0.25, 0.3) is 0 Å². The highest BCUT2D eigenvalue weighted by Gasteiger charge is 2.36. The van der Waals surface area contributed by atoms with Gasteiger partial charge in [-0.2, -0.15) is 8.42 Å². The van der Waals surface area contributed by atoms with Crippen LogP contribution in [0.3, 0.4) is 0 Å². The first-order chi connectivity index (χ1) is 10.7. The molecule has 1 atom stereocenters. The van der Waals surface area contributed by atoms with E-state index in [0.717, 1.165) is 12.7 Å². The fraction of sp³-hybridized carbons (Fsp3) is 0.500. The summed E-state index contributed by atoms with van der Waals surface area (Å²) in [6.45, 7) is 4.16. The van der Waals surface area contributed by atoms with Crippen LogP contribution >= 0.6 is 7.37 Å². The molecule has 0 aliphatic carbocycles. The molecule has 1 unspecified atom stereocenters. The number of halogens is 4. The molecule has 1 aromatic carbocycles. The molecule has 0 saturated carbocycles. The van der Waals surface area contributed by atoms with Crippen molar-refractivity contribution in [1.82, 2.24) is 0 Å². The Morgan fingerprint density at radius 2 is 1.83 bits per heavy atom. The smallest absolute Gasteiger partial charge is 0.404 e. The lowest BCUT2D eigenvalue weighted by molar-refractivity contribution is -0.275. The van der Waals surface area contributed by atoms with Crippen LogP contribution in [-0.2, 0) is 23.4 Å². The first-order valence-electron chi connectivity index (χ1n) is 6.42. The van der Waals surface area contributed by atoms with E-state index < -0.39 is 52.8 Å². The average molecular weight is 394 g/mol. The van der Waals surface area contributed by atoms with Crippen LogP contribution < -0.4 is 4.74 Å². The molecule has 0 aromatic heterocycles. The predicted molar refractivity (Wildman–Crippen MR) is 76.0 cm³/mol. The van der Waals surface area contributed by atoms with E-state index in [2.05, 4.69) is 8.92 Å². The third-order valence-electron chi connectivity index (χ3n) is 2.28. The largest absolute Gasteiger partial charge is 0.573 e. The lowest BCUT2D eigenvalue weighted by atomic mass is 10.3. The molecule has 0 bridgehead atoms. The highest BCUT2D eigenvalue weighted by molar-refractivity contribution is 7.87. The molecular weight excluding hydrogens is 379 g/mol. The predicted octanol–water partition coefficient (Wildman–Crippen LogP) is 3.72. The summed E-state index contributed by atoms with van der Waals surface area (Å²) in [5.41, 5.74) is 0. The minimum atomic E-state index is -5.24. The second-order valence-corrected chi connectivity index (χ2v) is 9.03. The van der Waals surface area contributed by atoms with Crippen LogP contribution in [0.25, 0.3) is 0 Å². The Balaban J connectivity index is 3.13. The quantitative estimate of drug-likeness (QED) is 0.399. The molecule has 0 radical (unpaired) electrons. The topological polar surface area (TPSA) is 78.9 Å². The van der Waals surface area contributed by atoms with Crippen LogP contribution in [0.5, 0.6) is 5.75 Å². The lowest BCUT2D eigenvalue weighted by Gasteiger charge is -2.18. The van der Waals surface area contributed by atoms with Gasteiger partial charge in [-0.3, -0.25) is 8.75 Å². The molecule has 6 nitrogen and oxygen atoms in total. The SMILES string of the molecule is CC(C)OP(C)(=O)COS(=O)(=O)c1c(F)cccc1OC(F)(F)F. The van der Waals surface area contributed by atoms with Crippen LogP contribution in [0.2, 0.25) is 0 Å². The van der Waals surface area contributed by atoms with Gasteiger partial charge in [-0.25, -0.2) is 4.39 Å². The standard InChI is InChI=1S/C12H15F4O6PS/c1-8(2)22-23(3,17)7-20-24(18,19)11-9(13)5-4-6-10(11)21-12(14,15)16/h4-6,8H,7H2,1-3H3. The maximum atomic E-state index is 13.7. The Labute approximate surface area is 136 Å². The minimum Gasteiger partial charge on any atom is -0.404 e. The van der Waals surface area contributed by atoms with Gasteiger partial charge in [0.2, 0.25) is 7.37 Å². The van der Waals surface area contributed by atoms with Crippen LogP contribution in [-0.4, -0.2) is 33.9 Å². The molecule has 0 amide bonds. The summed E-state index contributed by atoms with van der Waals surface area (Å²) in [6.07, 6.45) is -6.71. The van der Waals surface area contributed by atoms with Crippen LogP contribution in [0.15, 0.2) is 23.1 Å². The molecule has 0 N–H and O–H groups in total. The highest BCUT2D eigenvalue weighted by Crippen LogP contribution is 2.45. The van der Waals surface area contributed by atoms with Crippen molar-refractivity contribution < 1.29 is 44.0 Å². The van der Waals surface area contributed by atoms with Gasteiger partial charge in [0.1, 0.15) is 12.2 Å². The van der Waals surface area contributed by atoms with E-state index >= 15 is 0 Å². The van der Waals surface area contributed by atoms with Crippen molar-refractivity contribution in [3.63, 3.8) is 0 Å². The summed E-state index contributed by atoms with van der Waals surface area (Å²) < 4.78 is 99.6. The normalized spacial score (nSPS) is 15.3. The lowest BCUT2D eigenvalue weighted by Crippen LogP contribution is -2.20. The second kappa shape index (κ2) is 7.38. The van der Waals surface area contributed by atoms with Gasteiger partial charge in [-0.15, -0.1) is 13.2 Å².